The van der Waals surface area contributed by atoms with Gasteiger partial charge in [0.15, 0.2) is 0 Å². The Bertz CT molecular complexity index is 707. The van der Waals surface area contributed by atoms with E-state index in [4.69, 9.17) is 0 Å². The smallest absolute Gasteiger partial charge is 0.248 e. The van der Waals surface area contributed by atoms with Gasteiger partial charge in [0, 0.05) is 5.71 Å². The molecule has 2 aromatic rings. The minimum Gasteiger partial charge on any atom is -0.299 e. The normalized spacial score (nSPS) is 21.2. The maximum atomic E-state index is 13.5. The topological polar surface area (TPSA) is 60.1 Å². The minimum atomic E-state index is -0.453. The molecule has 0 amide bonds. The Balaban J connectivity index is 2.19. The highest BCUT2D eigenvalue weighted by Gasteiger charge is 2.36. The molecule has 3 rings (SSSR count). The van der Waals surface area contributed by atoms with E-state index in [2.05, 4.69) is 15.1 Å². The predicted octanol–water partition coefficient (Wildman–Crippen LogP) is 2.32. The Morgan fingerprint density at radius 3 is 2.90 bits per heavy atom. The van der Waals surface area contributed by atoms with Gasteiger partial charge < -0.3 is 0 Å². The van der Waals surface area contributed by atoms with Crippen molar-refractivity contribution in [1.82, 2.24) is 14.8 Å². The highest BCUT2D eigenvalue weighted by Crippen LogP contribution is 2.35. The third-order valence-corrected chi connectivity index (χ3v) is 3.49. The van der Waals surface area contributed by atoms with E-state index in [0.29, 0.717) is 17.2 Å². The monoisotopic (exact) mass is 272 g/mol. The maximum Gasteiger partial charge on any atom is 0.248 e. The molecule has 0 spiro atoms. The van der Waals surface area contributed by atoms with E-state index in [1.165, 1.54) is 25.4 Å². The van der Waals surface area contributed by atoms with Gasteiger partial charge in [-0.3, -0.25) is 4.79 Å². The quantitative estimate of drug-likeness (QED) is 0.843. The summed E-state index contributed by atoms with van der Waals surface area (Å²) in [6, 6.07) is 5.80. The second-order valence-corrected chi connectivity index (χ2v) is 4.85. The zero-order valence-corrected chi connectivity index (χ0v) is 11.1. The molecule has 0 radical (unpaired) electrons. The van der Waals surface area contributed by atoms with Crippen LogP contribution in [0, 0.1) is 11.7 Å². The first-order chi connectivity index (χ1) is 9.58. The number of Topliss-reactive ketones (excluding diaryl/α,β-unsaturated/α-hetero) is 1. The summed E-state index contributed by atoms with van der Waals surface area (Å²) < 4.78 is 15.1. The van der Waals surface area contributed by atoms with Crippen LogP contribution in [0.4, 0.5) is 10.3 Å². The fourth-order valence-electron chi connectivity index (χ4n) is 2.66. The number of aromatic nitrogens is 3. The van der Waals surface area contributed by atoms with Crippen LogP contribution in [-0.4, -0.2) is 26.3 Å². The van der Waals surface area contributed by atoms with E-state index in [0.717, 1.165) is 0 Å². The van der Waals surface area contributed by atoms with Crippen molar-refractivity contribution in [2.24, 2.45) is 10.9 Å². The minimum absolute atomic E-state index is 0.0262. The number of ketones is 1. The number of aliphatic imine (C=N–C) groups is 1. The third-order valence-electron chi connectivity index (χ3n) is 3.49. The average Bonchev–Trinajstić information content (AvgIpc) is 2.84. The van der Waals surface area contributed by atoms with E-state index in [-0.39, 0.29) is 11.6 Å². The summed E-state index contributed by atoms with van der Waals surface area (Å²) in [6.07, 6.45) is 1.39. The standard InChI is InChI=1S/C14H13FN4O/c1-8-12(9(2)20)13(10-4-3-5-11(15)6-10)19-14(18-8)16-7-17-19/h3-7,12-13H,1-2H3/t12?,13-/m1/s1. The highest BCUT2D eigenvalue weighted by molar-refractivity contribution is 6.05. The van der Waals surface area contributed by atoms with Crippen molar-refractivity contribution in [3.63, 3.8) is 0 Å². The number of carbonyl (C=O) groups is 1. The molecule has 102 valence electrons. The first-order valence-electron chi connectivity index (χ1n) is 6.28. The molecule has 1 aliphatic rings. The van der Waals surface area contributed by atoms with Crippen LogP contribution in [0.2, 0.25) is 0 Å². The number of fused-ring (bicyclic) bond motifs is 1. The number of hydrogen-bond donors (Lipinski definition) is 0. The molecule has 1 unspecified atom stereocenters. The van der Waals surface area contributed by atoms with Crippen LogP contribution in [-0.2, 0) is 4.79 Å². The summed E-state index contributed by atoms with van der Waals surface area (Å²) in [5, 5.41) is 4.14. The molecule has 0 bridgehead atoms. The fraction of sp³-hybridized carbons (Fsp3) is 0.286. The second-order valence-electron chi connectivity index (χ2n) is 4.85. The Hall–Kier alpha value is -2.37. The molecular formula is C14H13FN4O. The second kappa shape index (κ2) is 4.63. The summed E-state index contributed by atoms with van der Waals surface area (Å²) in [4.78, 5) is 20.3. The first-order valence-corrected chi connectivity index (χ1v) is 6.28. The van der Waals surface area contributed by atoms with Crippen LogP contribution in [0.3, 0.4) is 0 Å². The van der Waals surface area contributed by atoms with Crippen molar-refractivity contribution in [2.45, 2.75) is 19.9 Å². The van der Waals surface area contributed by atoms with Gasteiger partial charge in [0.05, 0.1) is 12.0 Å². The number of carbonyl (C=O) groups excluding carboxylic acids is 1. The summed E-state index contributed by atoms with van der Waals surface area (Å²) in [6.45, 7) is 3.30. The van der Waals surface area contributed by atoms with Crippen LogP contribution >= 0.6 is 0 Å². The predicted molar refractivity (Wildman–Crippen MR) is 71.5 cm³/mol. The van der Waals surface area contributed by atoms with E-state index >= 15 is 0 Å². The lowest BCUT2D eigenvalue weighted by Gasteiger charge is -2.29. The third kappa shape index (κ3) is 1.93. The summed E-state index contributed by atoms with van der Waals surface area (Å²) in [5.41, 5.74) is 1.36. The molecule has 1 aliphatic heterocycles. The van der Waals surface area contributed by atoms with Crippen molar-refractivity contribution in [3.05, 3.63) is 42.0 Å². The van der Waals surface area contributed by atoms with Crippen molar-refractivity contribution in [2.75, 3.05) is 0 Å². The first kappa shape index (κ1) is 12.7. The van der Waals surface area contributed by atoms with Gasteiger partial charge in [-0.05, 0) is 31.5 Å². The molecule has 0 fully saturated rings. The molecule has 1 aromatic carbocycles. The number of hydrogen-bond acceptors (Lipinski definition) is 4. The van der Waals surface area contributed by atoms with Gasteiger partial charge in [0.25, 0.3) is 0 Å². The summed E-state index contributed by atoms with van der Waals surface area (Å²) >= 11 is 0. The molecule has 0 N–H and O–H groups in total. The van der Waals surface area contributed by atoms with Gasteiger partial charge in [-0.2, -0.15) is 10.1 Å². The Morgan fingerprint density at radius 1 is 1.40 bits per heavy atom. The lowest BCUT2D eigenvalue weighted by molar-refractivity contribution is -0.119. The zero-order valence-electron chi connectivity index (χ0n) is 11.1. The molecule has 1 aromatic heterocycles. The van der Waals surface area contributed by atoms with E-state index in [9.17, 15) is 9.18 Å². The van der Waals surface area contributed by atoms with E-state index < -0.39 is 12.0 Å². The van der Waals surface area contributed by atoms with Crippen LogP contribution < -0.4 is 0 Å². The van der Waals surface area contributed by atoms with Crippen molar-refractivity contribution in [3.8, 4) is 0 Å². The molecule has 0 saturated carbocycles. The average molecular weight is 272 g/mol. The van der Waals surface area contributed by atoms with Gasteiger partial charge in [0.2, 0.25) is 5.95 Å². The van der Waals surface area contributed by atoms with Gasteiger partial charge in [0.1, 0.15) is 17.9 Å². The van der Waals surface area contributed by atoms with Crippen molar-refractivity contribution < 1.29 is 9.18 Å². The van der Waals surface area contributed by atoms with E-state index in [1.807, 2.05) is 0 Å². The summed E-state index contributed by atoms with van der Waals surface area (Å²) in [5.74, 6) is -0.381. The number of halogens is 1. The Kier molecular flexibility index (Phi) is 2.93. The SMILES string of the molecule is CC(=O)C1C(C)=Nc2ncnn2[C@@H]1c1cccc(F)c1. The van der Waals surface area contributed by atoms with Gasteiger partial charge in [-0.15, -0.1) is 0 Å². The highest BCUT2D eigenvalue weighted by atomic mass is 19.1. The maximum absolute atomic E-state index is 13.5. The van der Waals surface area contributed by atoms with Crippen LogP contribution in [0.15, 0.2) is 35.6 Å². The fourth-order valence-corrected chi connectivity index (χ4v) is 2.66. The molecule has 2 atom stereocenters. The Morgan fingerprint density at radius 2 is 2.20 bits per heavy atom. The van der Waals surface area contributed by atoms with Gasteiger partial charge in [-0.1, -0.05) is 12.1 Å². The van der Waals surface area contributed by atoms with Crippen molar-refractivity contribution in [1.29, 1.82) is 0 Å². The number of nitrogens with zero attached hydrogens (tertiary/aromatic N) is 4. The molecule has 20 heavy (non-hydrogen) atoms. The number of rotatable bonds is 2. The van der Waals surface area contributed by atoms with Gasteiger partial charge >= 0.3 is 0 Å². The molecule has 0 aliphatic carbocycles. The molecule has 2 heterocycles. The molecular weight excluding hydrogens is 259 g/mol. The molecule has 6 heteroatoms. The molecule has 5 nitrogen and oxygen atoms in total. The zero-order chi connectivity index (χ0) is 14.3. The van der Waals surface area contributed by atoms with Crippen LogP contribution in [0.1, 0.15) is 25.5 Å². The molecule has 0 saturated heterocycles. The van der Waals surface area contributed by atoms with Gasteiger partial charge in [-0.25, -0.2) is 14.1 Å². The number of benzene rings is 1. The van der Waals surface area contributed by atoms with Crippen LogP contribution in [0.25, 0.3) is 0 Å². The summed E-state index contributed by atoms with van der Waals surface area (Å²) in [7, 11) is 0. The Labute approximate surface area is 115 Å². The lowest BCUT2D eigenvalue weighted by Crippen LogP contribution is -2.34. The lowest BCUT2D eigenvalue weighted by atomic mass is 9.86. The van der Waals surface area contributed by atoms with Crippen molar-refractivity contribution >= 4 is 17.4 Å². The largest absolute Gasteiger partial charge is 0.299 e. The van der Waals surface area contributed by atoms with E-state index in [1.54, 1.807) is 23.7 Å². The van der Waals surface area contributed by atoms with Crippen LogP contribution in [0.5, 0.6) is 0 Å².